The number of alkyl halides is 3. The number of halogens is 3. The van der Waals surface area contributed by atoms with Gasteiger partial charge in [-0.15, -0.1) is 0 Å². The van der Waals surface area contributed by atoms with E-state index in [4.69, 9.17) is 0 Å². The standard InChI is InChI=1S/C12H9F3N2O/c1-7(18)10-6-11(17-16-10)8-2-4-9(5-3-8)12(13,14)15/h2-6H,1H3,(H,16,17). The van der Waals surface area contributed by atoms with Crippen LogP contribution in [0.15, 0.2) is 30.3 Å². The SMILES string of the molecule is CC(=O)c1cc(-c2ccc(C(F)(F)F)cc2)n[nH]1. The minimum atomic E-state index is -4.35. The summed E-state index contributed by atoms with van der Waals surface area (Å²) in [6.07, 6.45) is -4.35. The highest BCUT2D eigenvalue weighted by atomic mass is 19.4. The molecule has 0 aliphatic heterocycles. The van der Waals surface area contributed by atoms with Gasteiger partial charge >= 0.3 is 6.18 Å². The Morgan fingerprint density at radius 2 is 1.83 bits per heavy atom. The Bertz CT molecular complexity index is 570. The average Bonchev–Trinajstić information content (AvgIpc) is 2.77. The van der Waals surface area contributed by atoms with E-state index in [9.17, 15) is 18.0 Å². The summed E-state index contributed by atoms with van der Waals surface area (Å²) in [6.45, 7) is 1.38. The largest absolute Gasteiger partial charge is 0.416 e. The number of Topliss-reactive ketones (excluding diaryl/α,β-unsaturated/α-hetero) is 1. The summed E-state index contributed by atoms with van der Waals surface area (Å²) in [6, 6.07) is 6.12. The van der Waals surface area contributed by atoms with Gasteiger partial charge in [-0.2, -0.15) is 18.3 Å². The number of rotatable bonds is 2. The number of ketones is 1. The first-order valence-corrected chi connectivity index (χ1v) is 5.12. The van der Waals surface area contributed by atoms with E-state index in [1.165, 1.54) is 25.1 Å². The van der Waals surface area contributed by atoms with Crippen molar-refractivity contribution < 1.29 is 18.0 Å². The van der Waals surface area contributed by atoms with E-state index in [0.29, 0.717) is 17.0 Å². The number of H-pyrrole nitrogens is 1. The Balaban J connectivity index is 2.31. The molecule has 6 heteroatoms. The van der Waals surface area contributed by atoms with E-state index < -0.39 is 11.7 Å². The third-order valence-electron chi connectivity index (χ3n) is 2.47. The van der Waals surface area contributed by atoms with Crippen LogP contribution in [0, 0.1) is 0 Å². The van der Waals surface area contributed by atoms with Crippen LogP contribution in [0.1, 0.15) is 23.0 Å². The molecule has 0 unspecified atom stereocenters. The number of carbonyl (C=O) groups excluding carboxylic acids is 1. The van der Waals surface area contributed by atoms with Gasteiger partial charge in [-0.3, -0.25) is 9.89 Å². The molecule has 18 heavy (non-hydrogen) atoms. The van der Waals surface area contributed by atoms with Gasteiger partial charge in [-0.25, -0.2) is 0 Å². The van der Waals surface area contributed by atoms with Crippen LogP contribution in [-0.2, 0) is 6.18 Å². The second-order valence-corrected chi connectivity index (χ2v) is 3.80. The highest BCUT2D eigenvalue weighted by Gasteiger charge is 2.30. The smallest absolute Gasteiger partial charge is 0.293 e. The monoisotopic (exact) mass is 254 g/mol. The topological polar surface area (TPSA) is 45.8 Å². The molecule has 2 rings (SSSR count). The molecule has 0 saturated carbocycles. The zero-order valence-corrected chi connectivity index (χ0v) is 9.38. The molecule has 0 spiro atoms. The highest BCUT2D eigenvalue weighted by molar-refractivity contribution is 5.93. The van der Waals surface area contributed by atoms with Crippen LogP contribution in [0.3, 0.4) is 0 Å². The summed E-state index contributed by atoms with van der Waals surface area (Å²) in [5.41, 5.74) is 0.569. The number of benzene rings is 1. The first kappa shape index (κ1) is 12.3. The quantitative estimate of drug-likeness (QED) is 0.836. The lowest BCUT2D eigenvalue weighted by atomic mass is 10.1. The Morgan fingerprint density at radius 1 is 1.22 bits per heavy atom. The molecule has 0 atom stereocenters. The maximum atomic E-state index is 12.4. The molecule has 0 radical (unpaired) electrons. The van der Waals surface area contributed by atoms with E-state index in [-0.39, 0.29) is 5.78 Å². The summed E-state index contributed by atoms with van der Waals surface area (Å²) >= 11 is 0. The van der Waals surface area contributed by atoms with Crippen LogP contribution in [0.2, 0.25) is 0 Å². The molecule has 0 aliphatic carbocycles. The van der Waals surface area contributed by atoms with Crippen molar-refractivity contribution in [2.24, 2.45) is 0 Å². The lowest BCUT2D eigenvalue weighted by Crippen LogP contribution is -2.03. The van der Waals surface area contributed by atoms with E-state index in [1.807, 2.05) is 0 Å². The van der Waals surface area contributed by atoms with E-state index in [1.54, 1.807) is 0 Å². The van der Waals surface area contributed by atoms with Gasteiger partial charge in [-0.05, 0) is 18.2 Å². The average molecular weight is 254 g/mol. The number of hydrogen-bond donors (Lipinski definition) is 1. The Hall–Kier alpha value is -2.11. The molecule has 94 valence electrons. The van der Waals surface area contributed by atoms with Gasteiger partial charge in [-0.1, -0.05) is 12.1 Å². The van der Waals surface area contributed by atoms with Crippen molar-refractivity contribution in [2.45, 2.75) is 13.1 Å². The number of hydrogen-bond acceptors (Lipinski definition) is 2. The number of aromatic amines is 1. The van der Waals surface area contributed by atoms with Gasteiger partial charge in [0.25, 0.3) is 0 Å². The normalized spacial score (nSPS) is 11.6. The number of aromatic nitrogens is 2. The van der Waals surface area contributed by atoms with Crippen molar-refractivity contribution in [3.63, 3.8) is 0 Å². The highest BCUT2D eigenvalue weighted by Crippen LogP contribution is 2.30. The molecule has 0 saturated heterocycles. The lowest BCUT2D eigenvalue weighted by Gasteiger charge is -2.06. The molecule has 1 aromatic heterocycles. The molecule has 1 N–H and O–H groups in total. The van der Waals surface area contributed by atoms with Crippen LogP contribution in [0.5, 0.6) is 0 Å². The van der Waals surface area contributed by atoms with Crippen molar-refractivity contribution in [3.05, 3.63) is 41.6 Å². The van der Waals surface area contributed by atoms with Gasteiger partial charge in [0.2, 0.25) is 0 Å². The zero-order chi connectivity index (χ0) is 13.3. The van der Waals surface area contributed by atoms with Gasteiger partial charge in [0.05, 0.1) is 11.3 Å². The van der Waals surface area contributed by atoms with Gasteiger partial charge in [0.15, 0.2) is 5.78 Å². The lowest BCUT2D eigenvalue weighted by molar-refractivity contribution is -0.137. The molecule has 0 aliphatic rings. The van der Waals surface area contributed by atoms with E-state index >= 15 is 0 Å². The van der Waals surface area contributed by atoms with Gasteiger partial charge in [0, 0.05) is 12.5 Å². The third-order valence-corrected chi connectivity index (χ3v) is 2.47. The van der Waals surface area contributed by atoms with Crippen molar-refractivity contribution in [2.75, 3.05) is 0 Å². The fourth-order valence-corrected chi connectivity index (χ4v) is 1.48. The second-order valence-electron chi connectivity index (χ2n) is 3.80. The minimum Gasteiger partial charge on any atom is -0.293 e. The molecule has 0 fully saturated rings. The van der Waals surface area contributed by atoms with Crippen LogP contribution in [0.25, 0.3) is 11.3 Å². The Kier molecular flexibility index (Phi) is 2.94. The van der Waals surface area contributed by atoms with Crippen molar-refractivity contribution >= 4 is 5.78 Å². The fourth-order valence-electron chi connectivity index (χ4n) is 1.48. The molecule has 1 aromatic carbocycles. The maximum Gasteiger partial charge on any atom is 0.416 e. The van der Waals surface area contributed by atoms with Crippen molar-refractivity contribution in [3.8, 4) is 11.3 Å². The Morgan fingerprint density at radius 3 is 2.28 bits per heavy atom. The molecule has 2 aromatic rings. The first-order chi connectivity index (χ1) is 8.38. The van der Waals surface area contributed by atoms with Crippen molar-refractivity contribution in [1.82, 2.24) is 10.2 Å². The number of nitrogens with zero attached hydrogens (tertiary/aromatic N) is 1. The van der Waals surface area contributed by atoms with E-state index in [2.05, 4.69) is 10.2 Å². The minimum absolute atomic E-state index is 0.180. The molecule has 0 bridgehead atoms. The summed E-state index contributed by atoms with van der Waals surface area (Å²) in [5.74, 6) is -0.180. The summed E-state index contributed by atoms with van der Waals surface area (Å²) < 4.78 is 37.1. The predicted octanol–water partition coefficient (Wildman–Crippen LogP) is 3.30. The Labute approximate surface area is 101 Å². The van der Waals surface area contributed by atoms with Crippen LogP contribution >= 0.6 is 0 Å². The molecule has 0 amide bonds. The van der Waals surface area contributed by atoms with Gasteiger partial charge in [0.1, 0.15) is 5.69 Å². The summed E-state index contributed by atoms with van der Waals surface area (Å²) in [7, 11) is 0. The molecule has 1 heterocycles. The summed E-state index contributed by atoms with van der Waals surface area (Å²) in [4.78, 5) is 11.1. The van der Waals surface area contributed by atoms with Gasteiger partial charge < -0.3 is 0 Å². The van der Waals surface area contributed by atoms with E-state index in [0.717, 1.165) is 12.1 Å². The predicted molar refractivity (Wildman–Crippen MR) is 59.0 cm³/mol. The molecular formula is C12H9F3N2O. The van der Waals surface area contributed by atoms with Crippen LogP contribution in [-0.4, -0.2) is 16.0 Å². The summed E-state index contributed by atoms with van der Waals surface area (Å²) in [5, 5.41) is 6.40. The fraction of sp³-hybridized carbons (Fsp3) is 0.167. The van der Waals surface area contributed by atoms with Crippen LogP contribution < -0.4 is 0 Å². The van der Waals surface area contributed by atoms with Crippen LogP contribution in [0.4, 0.5) is 13.2 Å². The molecule has 3 nitrogen and oxygen atoms in total. The number of carbonyl (C=O) groups is 1. The third kappa shape index (κ3) is 2.42. The zero-order valence-electron chi connectivity index (χ0n) is 9.38. The van der Waals surface area contributed by atoms with Crippen molar-refractivity contribution in [1.29, 1.82) is 0 Å². The molecular weight excluding hydrogens is 245 g/mol. The number of nitrogens with one attached hydrogen (secondary N) is 1. The first-order valence-electron chi connectivity index (χ1n) is 5.12. The maximum absolute atomic E-state index is 12.4. The second kappa shape index (κ2) is 4.29.